The predicted octanol–water partition coefficient (Wildman–Crippen LogP) is 2.96. The lowest BCUT2D eigenvalue weighted by Crippen LogP contribution is -2.17. The van der Waals surface area contributed by atoms with Crippen LogP contribution in [0.5, 0.6) is 11.5 Å². The van der Waals surface area contributed by atoms with E-state index in [2.05, 4.69) is 0 Å². The van der Waals surface area contributed by atoms with Crippen molar-refractivity contribution in [1.29, 1.82) is 0 Å². The van der Waals surface area contributed by atoms with Crippen LogP contribution in [0.2, 0.25) is 0 Å². The molecule has 1 aromatic heterocycles. The van der Waals surface area contributed by atoms with E-state index in [4.69, 9.17) is 14.2 Å². The van der Waals surface area contributed by atoms with E-state index in [0.717, 1.165) is 4.88 Å². The molecule has 6 heteroatoms. The average molecular weight is 330 g/mol. The summed E-state index contributed by atoms with van der Waals surface area (Å²) in [7, 11) is 0. The van der Waals surface area contributed by atoms with Crippen LogP contribution >= 0.6 is 11.3 Å². The zero-order valence-electron chi connectivity index (χ0n) is 12.2. The number of hydrogen-bond donors (Lipinski definition) is 0. The summed E-state index contributed by atoms with van der Waals surface area (Å²) in [4.78, 5) is 24.6. The van der Waals surface area contributed by atoms with Crippen molar-refractivity contribution in [2.24, 2.45) is 0 Å². The fraction of sp³-hybridized carbons (Fsp3) is 0.176. The van der Waals surface area contributed by atoms with Crippen LogP contribution in [0.25, 0.3) is 6.08 Å². The molecule has 2 heterocycles. The molecule has 3 rings (SSSR count). The highest BCUT2D eigenvalue weighted by Crippen LogP contribution is 2.30. The van der Waals surface area contributed by atoms with Gasteiger partial charge in [-0.25, -0.2) is 4.79 Å². The van der Waals surface area contributed by atoms with E-state index in [1.54, 1.807) is 24.3 Å². The lowest BCUT2D eigenvalue weighted by molar-refractivity contribution is -0.136. The lowest BCUT2D eigenvalue weighted by Gasteiger charge is -2.18. The van der Waals surface area contributed by atoms with Crippen molar-refractivity contribution in [3.8, 4) is 11.5 Å². The van der Waals surface area contributed by atoms with Crippen molar-refractivity contribution in [2.75, 3.05) is 19.8 Å². The SMILES string of the molecule is O=C(/C=C/c1cccs1)OCC(=O)c1ccc2c(c1)OCCO2. The molecular weight excluding hydrogens is 316 g/mol. The van der Waals surface area contributed by atoms with E-state index in [1.807, 2.05) is 17.5 Å². The zero-order valence-corrected chi connectivity index (χ0v) is 13.0. The second-order valence-electron chi connectivity index (χ2n) is 4.74. The Kier molecular flexibility index (Phi) is 4.73. The third kappa shape index (κ3) is 3.98. The highest BCUT2D eigenvalue weighted by atomic mass is 32.1. The Morgan fingerprint density at radius 2 is 2.00 bits per heavy atom. The number of benzene rings is 1. The summed E-state index contributed by atoms with van der Waals surface area (Å²) in [6, 6.07) is 8.69. The van der Waals surface area contributed by atoms with Crippen molar-refractivity contribution in [3.05, 3.63) is 52.2 Å². The van der Waals surface area contributed by atoms with E-state index in [9.17, 15) is 9.59 Å². The minimum Gasteiger partial charge on any atom is -0.486 e. The van der Waals surface area contributed by atoms with Gasteiger partial charge < -0.3 is 14.2 Å². The van der Waals surface area contributed by atoms with Crippen LogP contribution in [-0.4, -0.2) is 31.6 Å². The predicted molar refractivity (Wildman–Crippen MR) is 86.1 cm³/mol. The van der Waals surface area contributed by atoms with Crippen molar-refractivity contribution >= 4 is 29.2 Å². The van der Waals surface area contributed by atoms with Gasteiger partial charge in [-0.05, 0) is 35.7 Å². The maximum absolute atomic E-state index is 12.1. The minimum absolute atomic E-state index is 0.292. The fourth-order valence-corrected chi connectivity index (χ4v) is 2.64. The van der Waals surface area contributed by atoms with Crippen molar-refractivity contribution < 1.29 is 23.8 Å². The molecule has 0 fully saturated rings. The lowest BCUT2D eigenvalue weighted by atomic mass is 10.1. The third-order valence-corrected chi connectivity index (χ3v) is 3.97. The number of ether oxygens (including phenoxy) is 3. The maximum atomic E-state index is 12.1. The van der Waals surface area contributed by atoms with Gasteiger partial charge in [-0.3, -0.25) is 4.79 Å². The molecule has 0 saturated carbocycles. The third-order valence-electron chi connectivity index (χ3n) is 3.14. The molecular formula is C17H14O5S. The second-order valence-corrected chi connectivity index (χ2v) is 5.72. The molecule has 1 aromatic carbocycles. The summed E-state index contributed by atoms with van der Waals surface area (Å²) in [6.07, 6.45) is 2.96. The van der Waals surface area contributed by atoms with Gasteiger partial charge in [0, 0.05) is 16.5 Å². The summed E-state index contributed by atoms with van der Waals surface area (Å²) >= 11 is 1.51. The van der Waals surface area contributed by atoms with Crippen molar-refractivity contribution in [1.82, 2.24) is 0 Å². The van der Waals surface area contributed by atoms with Crippen molar-refractivity contribution in [2.45, 2.75) is 0 Å². The van der Waals surface area contributed by atoms with Gasteiger partial charge in [0.2, 0.25) is 0 Å². The molecule has 0 bridgehead atoms. The summed E-state index contributed by atoms with van der Waals surface area (Å²) in [5.74, 6) is 0.304. The van der Waals surface area contributed by atoms with Gasteiger partial charge in [-0.1, -0.05) is 6.07 Å². The highest BCUT2D eigenvalue weighted by Gasteiger charge is 2.15. The second kappa shape index (κ2) is 7.11. The largest absolute Gasteiger partial charge is 0.486 e. The number of hydrogen-bond acceptors (Lipinski definition) is 6. The molecule has 1 aliphatic rings. The molecule has 5 nitrogen and oxygen atoms in total. The van der Waals surface area contributed by atoms with Gasteiger partial charge in [0.05, 0.1) is 0 Å². The standard InChI is InChI=1S/C17H14O5S/c18-14(11-22-17(19)6-4-13-2-1-9-23-13)12-3-5-15-16(10-12)21-8-7-20-15/h1-6,9-10H,7-8,11H2/b6-4+. The summed E-state index contributed by atoms with van der Waals surface area (Å²) in [5.41, 5.74) is 0.421. The van der Waals surface area contributed by atoms with Crippen LogP contribution in [-0.2, 0) is 9.53 Å². The van der Waals surface area contributed by atoms with Crippen LogP contribution in [0.1, 0.15) is 15.2 Å². The Morgan fingerprint density at radius 1 is 1.17 bits per heavy atom. The Bertz CT molecular complexity index is 733. The van der Waals surface area contributed by atoms with Gasteiger partial charge >= 0.3 is 5.97 Å². The number of rotatable bonds is 5. The number of ketones is 1. The smallest absolute Gasteiger partial charge is 0.331 e. The number of carbonyl (C=O) groups is 2. The Balaban J connectivity index is 1.56. The maximum Gasteiger partial charge on any atom is 0.331 e. The fourth-order valence-electron chi connectivity index (χ4n) is 2.02. The van der Waals surface area contributed by atoms with E-state index in [-0.39, 0.29) is 12.4 Å². The van der Waals surface area contributed by atoms with E-state index in [0.29, 0.717) is 30.3 Å². The Morgan fingerprint density at radius 3 is 2.78 bits per heavy atom. The van der Waals surface area contributed by atoms with E-state index >= 15 is 0 Å². The summed E-state index contributed by atoms with van der Waals surface area (Å²) in [5, 5.41) is 1.91. The van der Waals surface area contributed by atoms with Gasteiger partial charge in [0.1, 0.15) is 13.2 Å². The first-order chi connectivity index (χ1) is 11.2. The molecule has 1 aliphatic heterocycles. The topological polar surface area (TPSA) is 61.8 Å². The Hall–Kier alpha value is -2.60. The van der Waals surface area contributed by atoms with E-state index in [1.165, 1.54) is 17.4 Å². The number of carbonyl (C=O) groups excluding carboxylic acids is 2. The monoisotopic (exact) mass is 330 g/mol. The van der Waals surface area contributed by atoms with E-state index < -0.39 is 5.97 Å². The summed E-state index contributed by atoms with van der Waals surface area (Å²) < 4.78 is 15.8. The van der Waals surface area contributed by atoms with Crippen molar-refractivity contribution in [3.63, 3.8) is 0 Å². The van der Waals surface area contributed by atoms with Gasteiger partial charge in [0.15, 0.2) is 23.9 Å². The molecule has 0 N–H and O–H groups in total. The van der Waals surface area contributed by atoms with Crippen LogP contribution in [0, 0.1) is 0 Å². The zero-order chi connectivity index (χ0) is 16.1. The average Bonchev–Trinajstić information content (AvgIpc) is 3.11. The molecule has 0 unspecified atom stereocenters. The number of fused-ring (bicyclic) bond motifs is 1. The molecule has 2 aromatic rings. The minimum atomic E-state index is -0.552. The molecule has 118 valence electrons. The number of Topliss-reactive ketones (excluding diaryl/α,β-unsaturated/α-hetero) is 1. The van der Waals surface area contributed by atoms with Gasteiger partial charge in [-0.2, -0.15) is 0 Å². The molecule has 0 aliphatic carbocycles. The molecule has 0 spiro atoms. The molecule has 23 heavy (non-hydrogen) atoms. The number of esters is 1. The van der Waals surface area contributed by atoms with Crippen LogP contribution in [0.15, 0.2) is 41.8 Å². The van der Waals surface area contributed by atoms with Crippen LogP contribution < -0.4 is 9.47 Å². The molecule has 0 amide bonds. The normalized spacial score (nSPS) is 13.0. The van der Waals surface area contributed by atoms with Gasteiger partial charge in [0.25, 0.3) is 0 Å². The first-order valence-corrected chi connectivity index (χ1v) is 7.91. The van der Waals surface area contributed by atoms with Gasteiger partial charge in [-0.15, -0.1) is 11.3 Å². The quantitative estimate of drug-likeness (QED) is 0.479. The molecule has 0 saturated heterocycles. The van der Waals surface area contributed by atoms with Crippen LogP contribution in [0.4, 0.5) is 0 Å². The molecule has 0 atom stereocenters. The van der Waals surface area contributed by atoms with Crippen LogP contribution in [0.3, 0.4) is 0 Å². The first-order valence-electron chi connectivity index (χ1n) is 7.03. The first kappa shape index (κ1) is 15.3. The summed E-state index contributed by atoms with van der Waals surface area (Å²) in [6.45, 7) is 0.634. The molecule has 0 radical (unpaired) electrons. The highest BCUT2D eigenvalue weighted by molar-refractivity contribution is 7.10. The Labute approximate surface area is 137 Å². The number of thiophene rings is 1.